The minimum atomic E-state index is -0.755. The predicted molar refractivity (Wildman–Crippen MR) is 122 cm³/mol. The summed E-state index contributed by atoms with van der Waals surface area (Å²) in [6.45, 7) is 2.68. The molecular weight excluding hydrogens is 390 g/mol. The first-order chi connectivity index (χ1) is 15.0. The van der Waals surface area contributed by atoms with Crippen LogP contribution in [-0.2, 0) is 16.0 Å². The van der Waals surface area contributed by atoms with Gasteiger partial charge in [-0.25, -0.2) is 0 Å². The van der Waals surface area contributed by atoms with Gasteiger partial charge in [-0.2, -0.15) is 0 Å². The number of unbranched alkanes of at least 4 members (excludes halogenated alkanes) is 3. The highest BCUT2D eigenvalue weighted by Crippen LogP contribution is 2.22. The Labute approximate surface area is 186 Å². The maximum absolute atomic E-state index is 12.2. The van der Waals surface area contributed by atoms with Crippen LogP contribution in [0.2, 0.25) is 0 Å². The van der Waals surface area contributed by atoms with Crippen molar-refractivity contribution in [2.45, 2.75) is 76.9 Å². The van der Waals surface area contributed by atoms with Crippen molar-refractivity contribution in [3.63, 3.8) is 0 Å². The summed E-state index contributed by atoms with van der Waals surface area (Å²) in [5.41, 5.74) is 1.19. The number of carbonyl (C=O) groups is 2. The van der Waals surface area contributed by atoms with Crippen LogP contribution in [0.25, 0.3) is 0 Å². The van der Waals surface area contributed by atoms with Gasteiger partial charge in [-0.1, -0.05) is 68.2 Å². The van der Waals surface area contributed by atoms with E-state index in [0.29, 0.717) is 25.8 Å². The van der Waals surface area contributed by atoms with Crippen molar-refractivity contribution >= 4 is 11.9 Å². The van der Waals surface area contributed by atoms with Gasteiger partial charge in [0.25, 0.3) is 0 Å². The van der Waals surface area contributed by atoms with Crippen molar-refractivity contribution in [3.05, 3.63) is 48.0 Å². The number of rotatable bonds is 12. The predicted octanol–water partition coefficient (Wildman–Crippen LogP) is 4.20. The van der Waals surface area contributed by atoms with E-state index in [2.05, 4.69) is 24.0 Å². The highest BCUT2D eigenvalue weighted by Gasteiger charge is 2.28. The number of aliphatic hydroxyl groups is 1. The summed E-state index contributed by atoms with van der Waals surface area (Å²) < 4.78 is 0. The van der Waals surface area contributed by atoms with E-state index in [9.17, 15) is 14.7 Å². The zero-order chi connectivity index (χ0) is 22.5. The first-order valence-corrected chi connectivity index (χ1v) is 11.3. The first-order valence-electron chi connectivity index (χ1n) is 11.3. The molecule has 0 aromatic heterocycles. The summed E-state index contributed by atoms with van der Waals surface area (Å²) in [6.07, 6.45) is 9.44. The monoisotopic (exact) mass is 425 g/mol. The van der Waals surface area contributed by atoms with Crippen LogP contribution in [0.5, 0.6) is 0 Å². The molecule has 1 aliphatic heterocycles. The third-order valence-electron chi connectivity index (χ3n) is 5.71. The molecule has 5 nitrogen and oxygen atoms in total. The molecule has 0 bridgehead atoms. The van der Waals surface area contributed by atoms with Crippen molar-refractivity contribution in [2.75, 3.05) is 6.54 Å². The molecule has 1 aromatic carbocycles. The molecule has 0 unspecified atom stereocenters. The second kappa shape index (κ2) is 13.7. The molecule has 0 radical (unpaired) electrons. The van der Waals surface area contributed by atoms with Gasteiger partial charge in [-0.3, -0.25) is 9.59 Å². The average molecular weight is 426 g/mol. The maximum atomic E-state index is 12.2. The van der Waals surface area contributed by atoms with Crippen LogP contribution in [0.1, 0.15) is 63.9 Å². The molecule has 1 fully saturated rings. The molecule has 5 heteroatoms. The van der Waals surface area contributed by atoms with Crippen molar-refractivity contribution in [2.24, 2.45) is 5.92 Å². The van der Waals surface area contributed by atoms with Crippen LogP contribution >= 0.6 is 0 Å². The lowest BCUT2D eigenvalue weighted by Gasteiger charge is -2.23. The Bertz CT molecular complexity index is 778. The standard InChI is InChI=1S/C26H35NO4/c1-21(11-8-9-14-22-12-5-4-6-13-22)24(28)18-16-23-17-19-25(29)27(23)20-10-3-2-7-15-26(30)31/h4-6,12-13,16,18,21,23-24,28H,2-3,7,10-11,14-15,17,19-20H2,1H3,(H,30,31)/t21-,23-,24+/m0/s1. The number of aliphatic carboxylic acids is 1. The van der Waals surface area contributed by atoms with Gasteiger partial charge in [0.1, 0.15) is 0 Å². The zero-order valence-corrected chi connectivity index (χ0v) is 18.5. The molecule has 0 saturated carbocycles. The van der Waals surface area contributed by atoms with Crippen LogP contribution in [0.4, 0.5) is 0 Å². The number of likely N-dealkylation sites (tertiary alicyclic amines) is 1. The number of amides is 1. The normalized spacial score (nSPS) is 18.1. The van der Waals surface area contributed by atoms with E-state index in [1.807, 2.05) is 42.2 Å². The minimum Gasteiger partial charge on any atom is -0.481 e. The summed E-state index contributed by atoms with van der Waals surface area (Å²) >= 11 is 0. The van der Waals surface area contributed by atoms with Crippen LogP contribution in [0, 0.1) is 17.8 Å². The Morgan fingerprint density at radius 1 is 1.19 bits per heavy atom. The fraction of sp³-hybridized carbons (Fsp3) is 0.538. The summed E-state index contributed by atoms with van der Waals surface area (Å²) in [5.74, 6) is 5.77. The second-order valence-electron chi connectivity index (χ2n) is 8.32. The fourth-order valence-corrected chi connectivity index (χ4v) is 3.70. The van der Waals surface area contributed by atoms with Crippen LogP contribution in [0.3, 0.4) is 0 Å². The third kappa shape index (κ3) is 9.40. The van der Waals surface area contributed by atoms with Crippen molar-refractivity contribution in [3.8, 4) is 11.8 Å². The summed E-state index contributed by atoms with van der Waals surface area (Å²) in [6, 6.07) is 10.1. The van der Waals surface area contributed by atoms with Gasteiger partial charge in [0, 0.05) is 32.2 Å². The molecule has 1 saturated heterocycles. The molecule has 0 aliphatic carbocycles. The van der Waals surface area contributed by atoms with Gasteiger partial charge in [0.05, 0.1) is 12.1 Å². The molecule has 1 aliphatic rings. The topological polar surface area (TPSA) is 77.8 Å². The summed E-state index contributed by atoms with van der Waals surface area (Å²) in [7, 11) is 0. The molecule has 2 N–H and O–H groups in total. The van der Waals surface area contributed by atoms with E-state index in [0.717, 1.165) is 32.1 Å². The largest absolute Gasteiger partial charge is 0.481 e. The van der Waals surface area contributed by atoms with E-state index in [1.54, 1.807) is 0 Å². The number of benzene rings is 1. The molecule has 1 heterocycles. The second-order valence-corrected chi connectivity index (χ2v) is 8.32. The Morgan fingerprint density at radius 3 is 2.68 bits per heavy atom. The van der Waals surface area contributed by atoms with Crippen LogP contribution in [-0.4, -0.2) is 45.7 Å². The Balaban J connectivity index is 1.73. The number of nitrogens with zero attached hydrogens (tertiary/aromatic N) is 1. The number of carboxylic acid groups (broad SMARTS) is 1. The van der Waals surface area contributed by atoms with E-state index in [4.69, 9.17) is 5.11 Å². The van der Waals surface area contributed by atoms with E-state index in [-0.39, 0.29) is 24.3 Å². The highest BCUT2D eigenvalue weighted by molar-refractivity contribution is 5.79. The maximum Gasteiger partial charge on any atom is 0.303 e. The molecule has 1 amide bonds. The van der Waals surface area contributed by atoms with Crippen molar-refractivity contribution in [1.29, 1.82) is 0 Å². The molecule has 168 valence electrons. The summed E-state index contributed by atoms with van der Waals surface area (Å²) in [5, 5.41) is 19.1. The van der Waals surface area contributed by atoms with Crippen molar-refractivity contribution in [1.82, 2.24) is 4.90 Å². The molecule has 2 rings (SSSR count). The molecule has 0 spiro atoms. The summed E-state index contributed by atoms with van der Waals surface area (Å²) in [4.78, 5) is 24.6. The van der Waals surface area contributed by atoms with Crippen molar-refractivity contribution < 1.29 is 19.8 Å². The molecule has 31 heavy (non-hydrogen) atoms. The Morgan fingerprint density at radius 2 is 1.94 bits per heavy atom. The first kappa shape index (κ1) is 24.7. The SMILES string of the molecule is C[C@@H](CC#CCc1ccccc1)[C@H](O)C=C[C@H]1CCC(=O)N1CCCCCCC(=O)O. The van der Waals surface area contributed by atoms with Gasteiger partial charge in [0.15, 0.2) is 0 Å². The minimum absolute atomic E-state index is 0.0271. The van der Waals surface area contributed by atoms with Gasteiger partial charge >= 0.3 is 5.97 Å². The van der Waals surface area contributed by atoms with Crippen LogP contribution < -0.4 is 0 Å². The number of hydrogen-bond acceptors (Lipinski definition) is 3. The van der Waals surface area contributed by atoms with Gasteiger partial charge in [-0.15, -0.1) is 5.92 Å². The van der Waals surface area contributed by atoms with E-state index < -0.39 is 12.1 Å². The van der Waals surface area contributed by atoms with Gasteiger partial charge < -0.3 is 15.1 Å². The molecule has 3 atom stereocenters. The Kier molecular flexibility index (Phi) is 10.9. The fourth-order valence-electron chi connectivity index (χ4n) is 3.70. The quantitative estimate of drug-likeness (QED) is 0.299. The molecule has 1 aromatic rings. The number of hydrogen-bond donors (Lipinski definition) is 2. The number of carbonyl (C=O) groups excluding carboxylic acids is 1. The van der Waals surface area contributed by atoms with Crippen LogP contribution in [0.15, 0.2) is 42.5 Å². The number of carboxylic acids is 1. The van der Waals surface area contributed by atoms with Gasteiger partial charge in [0.2, 0.25) is 5.91 Å². The van der Waals surface area contributed by atoms with E-state index >= 15 is 0 Å². The lowest BCUT2D eigenvalue weighted by atomic mass is 9.99. The highest BCUT2D eigenvalue weighted by atomic mass is 16.4. The lowest BCUT2D eigenvalue weighted by Crippen LogP contribution is -2.33. The lowest BCUT2D eigenvalue weighted by molar-refractivity contribution is -0.137. The zero-order valence-electron chi connectivity index (χ0n) is 18.5. The third-order valence-corrected chi connectivity index (χ3v) is 5.71. The Hall–Kier alpha value is -2.58. The number of aliphatic hydroxyl groups excluding tert-OH is 1. The van der Waals surface area contributed by atoms with Gasteiger partial charge in [-0.05, 0) is 30.7 Å². The average Bonchev–Trinajstić information content (AvgIpc) is 3.11. The molecular formula is C26H35NO4. The van der Waals surface area contributed by atoms with E-state index in [1.165, 1.54) is 5.56 Å². The smallest absolute Gasteiger partial charge is 0.303 e.